The number of aromatic hydroxyl groups is 2. The number of rotatable bonds is 8. The van der Waals surface area contributed by atoms with E-state index in [4.69, 9.17) is 0 Å². The summed E-state index contributed by atoms with van der Waals surface area (Å²) in [6.07, 6.45) is 7.58. The summed E-state index contributed by atoms with van der Waals surface area (Å²) in [4.78, 5) is 36.1. The summed E-state index contributed by atoms with van der Waals surface area (Å²) < 4.78 is 0. The Hall–Kier alpha value is -4.17. The summed E-state index contributed by atoms with van der Waals surface area (Å²) in [5.74, 6) is -0.777. The van der Waals surface area contributed by atoms with E-state index in [1.54, 1.807) is 35.2 Å². The van der Waals surface area contributed by atoms with Crippen LogP contribution in [0, 0.1) is 6.92 Å². The average molecular weight is 501 g/mol. The first-order valence-corrected chi connectivity index (χ1v) is 12.2. The third-order valence-corrected chi connectivity index (χ3v) is 6.45. The minimum absolute atomic E-state index is 0.0632. The van der Waals surface area contributed by atoms with E-state index in [1.165, 1.54) is 12.1 Å². The largest absolute Gasteiger partial charge is 0.508 e. The molecule has 0 saturated carbocycles. The third kappa shape index (κ3) is 5.98. The number of likely N-dealkylation sites (N-methyl/N-ethyl adjacent to an activating group) is 1. The molecule has 3 aromatic rings. The molecule has 2 N–H and O–H groups in total. The number of phenols is 2. The molecular weight excluding hydrogens is 468 g/mol. The molecule has 2 heterocycles. The fraction of sp³-hybridized carbons (Fsp3) is 0.276. The maximum absolute atomic E-state index is 13.4. The van der Waals surface area contributed by atoms with Crippen molar-refractivity contribution in [2.24, 2.45) is 0 Å². The molecule has 2 aromatic carbocycles. The minimum atomic E-state index is -0.330. The Labute approximate surface area is 217 Å². The quantitative estimate of drug-likeness (QED) is 0.459. The Morgan fingerprint density at radius 1 is 1.05 bits per heavy atom. The van der Waals surface area contributed by atoms with Gasteiger partial charge in [-0.1, -0.05) is 18.2 Å². The molecule has 2 amide bonds. The zero-order valence-electron chi connectivity index (χ0n) is 21.4. The van der Waals surface area contributed by atoms with Crippen LogP contribution < -0.4 is 4.90 Å². The van der Waals surface area contributed by atoms with Crippen LogP contribution in [0.25, 0.3) is 0 Å². The van der Waals surface area contributed by atoms with Gasteiger partial charge in [-0.05, 0) is 68.4 Å². The number of aromatic nitrogens is 1. The van der Waals surface area contributed by atoms with Crippen LogP contribution in [0.4, 0.5) is 5.69 Å². The maximum Gasteiger partial charge on any atom is 0.258 e. The van der Waals surface area contributed by atoms with Crippen molar-refractivity contribution in [2.45, 2.75) is 26.4 Å². The van der Waals surface area contributed by atoms with Gasteiger partial charge in [0, 0.05) is 62.0 Å². The molecule has 4 rings (SSSR count). The number of anilines is 1. The molecular formula is C29H32N4O4. The van der Waals surface area contributed by atoms with Crippen molar-refractivity contribution in [3.05, 3.63) is 94.8 Å². The van der Waals surface area contributed by atoms with Gasteiger partial charge in [-0.15, -0.1) is 0 Å². The van der Waals surface area contributed by atoms with Gasteiger partial charge in [-0.3, -0.25) is 14.6 Å². The number of benzene rings is 2. The molecule has 0 unspecified atom stereocenters. The summed E-state index contributed by atoms with van der Waals surface area (Å²) in [7, 11) is 3.89. The van der Waals surface area contributed by atoms with Crippen molar-refractivity contribution in [1.29, 1.82) is 0 Å². The molecule has 0 saturated heterocycles. The predicted molar refractivity (Wildman–Crippen MR) is 143 cm³/mol. The number of carbonyl (C=O) groups is 2. The van der Waals surface area contributed by atoms with E-state index in [-0.39, 0.29) is 28.9 Å². The van der Waals surface area contributed by atoms with Gasteiger partial charge < -0.3 is 24.9 Å². The molecule has 1 aliphatic heterocycles. The van der Waals surface area contributed by atoms with Gasteiger partial charge >= 0.3 is 0 Å². The lowest BCUT2D eigenvalue weighted by Gasteiger charge is -2.24. The maximum atomic E-state index is 13.4. The van der Waals surface area contributed by atoms with Gasteiger partial charge in [0.25, 0.3) is 11.8 Å². The van der Waals surface area contributed by atoms with Gasteiger partial charge in [0.2, 0.25) is 0 Å². The Morgan fingerprint density at radius 3 is 2.54 bits per heavy atom. The number of pyridine rings is 1. The number of nitrogens with zero attached hydrogens (tertiary/aromatic N) is 4. The first-order chi connectivity index (χ1) is 17.7. The Balaban J connectivity index is 1.62. The lowest BCUT2D eigenvalue weighted by Crippen LogP contribution is -2.33. The van der Waals surface area contributed by atoms with Crippen LogP contribution in [-0.2, 0) is 24.3 Å². The first-order valence-electron chi connectivity index (χ1n) is 12.2. The zero-order chi connectivity index (χ0) is 26.5. The molecule has 0 aliphatic carbocycles. The topological polar surface area (TPSA) is 97.2 Å². The predicted octanol–water partition coefficient (Wildman–Crippen LogP) is 3.65. The highest BCUT2D eigenvalue weighted by molar-refractivity contribution is 6.02. The van der Waals surface area contributed by atoms with E-state index in [1.807, 2.05) is 55.4 Å². The highest BCUT2D eigenvalue weighted by atomic mass is 16.3. The van der Waals surface area contributed by atoms with Crippen molar-refractivity contribution in [3.8, 4) is 11.5 Å². The fourth-order valence-electron chi connectivity index (χ4n) is 4.42. The third-order valence-electron chi connectivity index (χ3n) is 6.45. The van der Waals surface area contributed by atoms with Gasteiger partial charge in [-0.25, -0.2) is 0 Å². The molecule has 0 atom stereocenters. The van der Waals surface area contributed by atoms with Gasteiger partial charge in [0.1, 0.15) is 11.5 Å². The number of phenolic OH excluding ortho intramolecular Hbond substituents is 2. The van der Waals surface area contributed by atoms with Crippen LogP contribution in [0.15, 0.2) is 67.0 Å². The smallest absolute Gasteiger partial charge is 0.258 e. The summed E-state index contributed by atoms with van der Waals surface area (Å²) in [5, 5.41) is 20.2. The summed E-state index contributed by atoms with van der Waals surface area (Å²) in [6.45, 7) is 3.47. The highest BCUT2D eigenvalue weighted by Crippen LogP contribution is 2.35. The van der Waals surface area contributed by atoms with E-state index < -0.39 is 0 Å². The lowest BCUT2D eigenvalue weighted by atomic mass is 10.1. The van der Waals surface area contributed by atoms with Crippen LogP contribution in [0.5, 0.6) is 11.5 Å². The fourth-order valence-corrected chi connectivity index (χ4v) is 4.42. The number of hydrogen-bond acceptors (Lipinski definition) is 6. The van der Waals surface area contributed by atoms with Crippen molar-refractivity contribution < 1.29 is 19.8 Å². The van der Waals surface area contributed by atoms with E-state index >= 15 is 0 Å². The average Bonchev–Trinajstić information content (AvgIpc) is 3.31. The van der Waals surface area contributed by atoms with Gasteiger partial charge in [0.05, 0.1) is 5.56 Å². The molecule has 37 heavy (non-hydrogen) atoms. The van der Waals surface area contributed by atoms with Crippen molar-refractivity contribution >= 4 is 17.5 Å². The Bertz CT molecular complexity index is 1320. The van der Waals surface area contributed by atoms with Gasteiger partial charge in [0.15, 0.2) is 0 Å². The second-order valence-corrected chi connectivity index (χ2v) is 9.49. The second kappa shape index (κ2) is 11.3. The first kappa shape index (κ1) is 25.9. The zero-order valence-corrected chi connectivity index (χ0v) is 21.4. The number of carbonyl (C=O) groups excluding carboxylic acids is 2. The highest BCUT2D eigenvalue weighted by Gasteiger charge is 2.30. The standard InChI is InChI=1S/C29H32N4O4/c1-20-16-23(27(35)17-26(20)34)29(37)32-18-22-6-4-7-25(24(22)19-32)33(28(36)8-5-14-31(2)3)15-11-21-9-12-30-13-10-21/h4-10,12-13,16-17,34-35H,11,14-15,18-19H2,1-3H3/b8-5+. The lowest BCUT2D eigenvalue weighted by molar-refractivity contribution is -0.114. The number of hydrogen-bond donors (Lipinski definition) is 2. The SMILES string of the molecule is Cc1cc(C(=O)N2Cc3cccc(N(CCc4ccncc4)C(=O)/C=C/CN(C)C)c3C2)c(O)cc1O. The van der Waals surface area contributed by atoms with Crippen molar-refractivity contribution in [3.63, 3.8) is 0 Å². The number of amides is 2. The molecule has 192 valence electrons. The molecule has 8 heteroatoms. The molecule has 0 bridgehead atoms. The molecule has 8 nitrogen and oxygen atoms in total. The van der Waals surface area contributed by atoms with Crippen molar-refractivity contribution in [2.75, 3.05) is 32.1 Å². The molecule has 0 radical (unpaired) electrons. The summed E-state index contributed by atoms with van der Waals surface area (Å²) in [6, 6.07) is 12.3. The van der Waals surface area contributed by atoms with Crippen molar-refractivity contribution in [1.82, 2.24) is 14.8 Å². The van der Waals surface area contributed by atoms with Crippen LogP contribution in [0.2, 0.25) is 0 Å². The van der Waals surface area contributed by atoms with E-state index in [9.17, 15) is 19.8 Å². The van der Waals surface area contributed by atoms with E-state index in [2.05, 4.69) is 4.98 Å². The van der Waals surface area contributed by atoms with E-state index in [0.717, 1.165) is 22.4 Å². The molecule has 1 aromatic heterocycles. The van der Waals surface area contributed by atoms with Crippen LogP contribution in [0.3, 0.4) is 0 Å². The van der Waals surface area contributed by atoms with Crippen LogP contribution in [0.1, 0.15) is 32.6 Å². The van der Waals surface area contributed by atoms with Crippen LogP contribution in [-0.4, -0.2) is 64.0 Å². The normalized spacial score (nSPS) is 12.8. The van der Waals surface area contributed by atoms with Gasteiger partial charge in [-0.2, -0.15) is 0 Å². The Morgan fingerprint density at radius 2 is 1.81 bits per heavy atom. The number of aryl methyl sites for hydroxylation is 1. The Kier molecular flexibility index (Phi) is 7.89. The monoisotopic (exact) mass is 500 g/mol. The summed E-state index contributed by atoms with van der Waals surface area (Å²) in [5.41, 5.74) is 4.37. The minimum Gasteiger partial charge on any atom is -0.508 e. The second-order valence-electron chi connectivity index (χ2n) is 9.49. The van der Waals surface area contributed by atoms with E-state index in [0.29, 0.717) is 38.2 Å². The molecule has 0 fully saturated rings. The number of fused-ring (bicyclic) bond motifs is 1. The molecule has 0 spiro atoms. The summed E-state index contributed by atoms with van der Waals surface area (Å²) >= 11 is 0. The molecule has 1 aliphatic rings. The van der Waals surface area contributed by atoms with Crippen LogP contribution >= 0.6 is 0 Å².